The van der Waals surface area contributed by atoms with Crippen molar-refractivity contribution in [2.75, 3.05) is 0 Å². The topological polar surface area (TPSA) is 83.8 Å². The van der Waals surface area contributed by atoms with Crippen LogP contribution in [-0.4, -0.2) is 28.1 Å². The van der Waals surface area contributed by atoms with Crippen molar-refractivity contribution < 1.29 is 24.5 Å². The fourth-order valence-electron chi connectivity index (χ4n) is 3.17. The van der Waals surface area contributed by atoms with Crippen LogP contribution in [-0.2, 0) is 16.0 Å². The second-order valence-electron chi connectivity index (χ2n) is 6.58. The smallest absolute Gasteiger partial charge is 0.342 e. The van der Waals surface area contributed by atoms with E-state index in [4.69, 9.17) is 16.3 Å². The van der Waals surface area contributed by atoms with E-state index in [1.54, 1.807) is 13.0 Å². The summed E-state index contributed by atoms with van der Waals surface area (Å²) in [6.07, 6.45) is 8.13. The number of ketones is 1. The van der Waals surface area contributed by atoms with Gasteiger partial charge < -0.3 is 14.9 Å². The molecule has 0 radical (unpaired) electrons. The van der Waals surface area contributed by atoms with Crippen LogP contribution in [0.4, 0.5) is 0 Å². The third kappa shape index (κ3) is 3.87. The highest BCUT2D eigenvalue weighted by Crippen LogP contribution is 2.44. The van der Waals surface area contributed by atoms with Gasteiger partial charge in [-0.2, -0.15) is 0 Å². The van der Waals surface area contributed by atoms with E-state index in [0.29, 0.717) is 11.8 Å². The summed E-state index contributed by atoms with van der Waals surface area (Å²) in [7, 11) is 0. The number of esters is 1. The minimum atomic E-state index is -0.747. The fraction of sp³-hybridized carbons (Fsp3) is 0.368. The molecule has 0 amide bonds. The highest BCUT2D eigenvalue weighted by Gasteiger charge is 2.36. The molecule has 0 saturated heterocycles. The number of hydrogen-bond donors (Lipinski definition) is 2. The normalized spacial score (nSPS) is 29.0. The molecule has 1 aromatic rings. The summed E-state index contributed by atoms with van der Waals surface area (Å²) in [6, 6.07) is 0.982. The molecule has 5 nitrogen and oxygen atoms in total. The maximum atomic E-state index is 12.5. The molecule has 6 heteroatoms. The Labute approximate surface area is 150 Å². The predicted molar refractivity (Wildman–Crippen MR) is 92.9 cm³/mol. The Morgan fingerprint density at radius 3 is 2.68 bits per heavy atom. The molecular weight excluding hydrogens is 344 g/mol. The minimum absolute atomic E-state index is 0.0661. The van der Waals surface area contributed by atoms with Crippen LogP contribution in [0.3, 0.4) is 0 Å². The van der Waals surface area contributed by atoms with Gasteiger partial charge in [-0.1, -0.05) is 29.8 Å². The lowest BCUT2D eigenvalue weighted by atomic mass is 10.00. The van der Waals surface area contributed by atoms with E-state index in [9.17, 15) is 19.8 Å². The van der Waals surface area contributed by atoms with E-state index in [-0.39, 0.29) is 34.5 Å². The first-order valence-corrected chi connectivity index (χ1v) is 8.56. The summed E-state index contributed by atoms with van der Waals surface area (Å²) < 4.78 is 5.44. The van der Waals surface area contributed by atoms with Gasteiger partial charge in [0.1, 0.15) is 17.1 Å². The minimum Gasteiger partial charge on any atom is -0.507 e. The van der Waals surface area contributed by atoms with Crippen LogP contribution in [0.5, 0.6) is 11.5 Å². The number of hydrogen-bond acceptors (Lipinski definition) is 5. The zero-order valence-corrected chi connectivity index (χ0v) is 14.5. The summed E-state index contributed by atoms with van der Waals surface area (Å²) in [6.45, 7) is 1.80. The van der Waals surface area contributed by atoms with Crippen molar-refractivity contribution in [3.8, 4) is 11.5 Å². The lowest BCUT2D eigenvalue weighted by Gasteiger charge is -2.17. The molecule has 0 spiro atoms. The maximum absolute atomic E-state index is 12.5. The number of rotatable bonds is 0. The van der Waals surface area contributed by atoms with Gasteiger partial charge in [-0.15, -0.1) is 0 Å². The number of carbonyl (C=O) groups excluding carboxylic acids is 2. The second kappa shape index (κ2) is 6.92. The number of phenols is 2. The first kappa shape index (κ1) is 17.5. The molecule has 1 fully saturated rings. The van der Waals surface area contributed by atoms with Crippen molar-refractivity contribution in [1.29, 1.82) is 0 Å². The molecular formula is C19H19ClO5. The maximum Gasteiger partial charge on any atom is 0.342 e. The molecule has 2 N–H and O–H groups in total. The average Bonchev–Trinajstić information content (AvgIpc) is 3.25. The van der Waals surface area contributed by atoms with Crippen LogP contribution in [0.15, 0.2) is 30.4 Å². The van der Waals surface area contributed by atoms with E-state index in [1.165, 1.54) is 6.08 Å². The zero-order chi connectivity index (χ0) is 18.1. The molecule has 0 aromatic heterocycles. The van der Waals surface area contributed by atoms with Crippen molar-refractivity contribution in [2.24, 2.45) is 11.8 Å². The number of cyclic esters (lactones) is 1. The number of halogens is 1. The summed E-state index contributed by atoms with van der Waals surface area (Å²) in [4.78, 5) is 24.7. The van der Waals surface area contributed by atoms with Crippen molar-refractivity contribution in [3.63, 3.8) is 0 Å². The Kier molecular flexibility index (Phi) is 4.86. The van der Waals surface area contributed by atoms with Gasteiger partial charge in [-0.3, -0.25) is 4.79 Å². The van der Waals surface area contributed by atoms with Gasteiger partial charge >= 0.3 is 5.97 Å². The number of allylic oxidation sites excluding steroid dienone is 4. The van der Waals surface area contributed by atoms with E-state index in [1.807, 2.05) is 12.2 Å². The van der Waals surface area contributed by atoms with Gasteiger partial charge in [-0.05, 0) is 37.7 Å². The number of benzene rings is 1. The number of ether oxygens (including phenoxy) is 1. The van der Waals surface area contributed by atoms with Crippen LogP contribution in [0.25, 0.3) is 0 Å². The molecule has 1 heterocycles. The first-order valence-electron chi connectivity index (χ1n) is 8.18. The monoisotopic (exact) mass is 362 g/mol. The highest BCUT2D eigenvalue weighted by atomic mass is 35.5. The van der Waals surface area contributed by atoms with Crippen LogP contribution in [0.1, 0.15) is 35.7 Å². The van der Waals surface area contributed by atoms with Gasteiger partial charge in [0.15, 0.2) is 5.78 Å². The van der Waals surface area contributed by atoms with Crippen molar-refractivity contribution >= 4 is 23.4 Å². The number of aromatic hydroxyl groups is 2. The third-order valence-corrected chi connectivity index (χ3v) is 4.97. The molecule has 1 aliphatic heterocycles. The predicted octanol–water partition coefficient (Wildman–Crippen LogP) is 3.56. The lowest BCUT2D eigenvalue weighted by molar-refractivity contribution is -0.114. The molecule has 25 heavy (non-hydrogen) atoms. The quantitative estimate of drug-likeness (QED) is 0.689. The molecule has 1 aliphatic carbocycles. The van der Waals surface area contributed by atoms with Crippen LogP contribution in [0.2, 0.25) is 5.02 Å². The van der Waals surface area contributed by atoms with E-state index in [0.717, 1.165) is 18.9 Å². The number of phenolic OH excluding ortho intramolecular Hbond substituents is 2. The molecule has 1 saturated carbocycles. The van der Waals surface area contributed by atoms with Crippen molar-refractivity contribution in [3.05, 3.63) is 46.5 Å². The highest BCUT2D eigenvalue weighted by molar-refractivity contribution is 6.33. The largest absolute Gasteiger partial charge is 0.507 e. The Balaban J connectivity index is 2.01. The summed E-state index contributed by atoms with van der Waals surface area (Å²) in [5.74, 6) is -1.01. The first-order chi connectivity index (χ1) is 11.9. The van der Waals surface area contributed by atoms with Crippen LogP contribution < -0.4 is 0 Å². The van der Waals surface area contributed by atoms with Crippen LogP contribution >= 0.6 is 11.6 Å². The van der Waals surface area contributed by atoms with Crippen molar-refractivity contribution in [1.82, 2.24) is 0 Å². The molecule has 2 aliphatic rings. The Morgan fingerprint density at radius 1 is 1.16 bits per heavy atom. The van der Waals surface area contributed by atoms with Gasteiger partial charge in [0, 0.05) is 18.1 Å². The summed E-state index contributed by atoms with van der Waals surface area (Å²) in [5, 5.41) is 19.8. The lowest BCUT2D eigenvalue weighted by Crippen LogP contribution is -2.18. The Hall–Kier alpha value is -2.27. The third-order valence-electron chi connectivity index (χ3n) is 4.55. The van der Waals surface area contributed by atoms with E-state index < -0.39 is 17.5 Å². The van der Waals surface area contributed by atoms with Gasteiger partial charge in [0.05, 0.1) is 11.1 Å². The average molecular weight is 363 g/mol. The molecule has 132 valence electrons. The molecule has 1 aromatic carbocycles. The molecule has 3 rings (SSSR count). The standard InChI is InChI=1S/C19H19ClO5/c1-10-6-12-7-11(12)4-2-3-5-13(21)8-14-17(19(24)25-10)15(22)9-16(23)18(14)20/h2-5,9-12,22-23H,6-8H2,1H3/b4-2-,5-3+/t10-,11+,12-/m1/s1. The second-order valence-corrected chi connectivity index (χ2v) is 6.96. The number of fused-ring (bicyclic) bond motifs is 2. The van der Waals surface area contributed by atoms with E-state index >= 15 is 0 Å². The number of carbonyl (C=O) groups is 2. The van der Waals surface area contributed by atoms with E-state index in [2.05, 4.69) is 0 Å². The Bertz CT molecular complexity index is 781. The van der Waals surface area contributed by atoms with Gasteiger partial charge in [-0.25, -0.2) is 4.79 Å². The van der Waals surface area contributed by atoms with Gasteiger partial charge in [0.2, 0.25) is 0 Å². The molecule has 0 bridgehead atoms. The van der Waals surface area contributed by atoms with Gasteiger partial charge in [0.25, 0.3) is 0 Å². The SMILES string of the molecule is C[C@@H]1C[C@@H]2C[C@@H]2/C=C\C=C\C(=O)Cc2c(Cl)c(O)cc(O)c2C(=O)O1. The summed E-state index contributed by atoms with van der Waals surface area (Å²) >= 11 is 6.07. The zero-order valence-electron chi connectivity index (χ0n) is 13.7. The Morgan fingerprint density at radius 2 is 1.92 bits per heavy atom. The molecule has 0 unspecified atom stereocenters. The summed E-state index contributed by atoms with van der Waals surface area (Å²) in [5.41, 5.74) is -0.104. The van der Waals surface area contributed by atoms with Crippen LogP contribution in [0, 0.1) is 11.8 Å². The van der Waals surface area contributed by atoms with Crippen molar-refractivity contribution in [2.45, 2.75) is 32.3 Å². The fourth-order valence-corrected chi connectivity index (χ4v) is 3.39. The molecule has 3 atom stereocenters.